The molecule has 39 heavy (non-hydrogen) atoms. The quantitative estimate of drug-likeness (QED) is 0.244. The molecule has 0 bridgehead atoms. The summed E-state index contributed by atoms with van der Waals surface area (Å²) in [5.74, 6) is -0.0396. The summed E-state index contributed by atoms with van der Waals surface area (Å²) in [7, 11) is -7.11. The molecule has 0 aliphatic rings. The lowest BCUT2D eigenvalue weighted by molar-refractivity contribution is 0.434. The van der Waals surface area contributed by atoms with Gasteiger partial charge in [0.25, 0.3) is 20.0 Å². The molecule has 6 aromatic rings. The number of para-hydroxylation sites is 2. The molecule has 0 N–H and O–H groups in total. The molecule has 0 aliphatic heterocycles. The van der Waals surface area contributed by atoms with Crippen LogP contribution in [0.25, 0.3) is 21.8 Å². The first-order chi connectivity index (χ1) is 18.9. The minimum Gasteiger partial charge on any atom is -0.513 e. The van der Waals surface area contributed by atoms with Gasteiger partial charge < -0.3 is 9.31 Å². The molecule has 8 nitrogen and oxygen atoms in total. The molecular formula is C28H20BN2O6S2. The first-order valence-electron chi connectivity index (χ1n) is 11.8. The number of rotatable bonds is 8. The van der Waals surface area contributed by atoms with Crippen LogP contribution in [0.2, 0.25) is 0 Å². The average Bonchev–Trinajstić information content (AvgIpc) is 3.53. The van der Waals surface area contributed by atoms with Crippen molar-refractivity contribution in [2.75, 3.05) is 0 Å². The van der Waals surface area contributed by atoms with Gasteiger partial charge >= 0.3 is 7.69 Å². The first-order valence-corrected chi connectivity index (χ1v) is 14.7. The zero-order chi connectivity index (χ0) is 27.0. The van der Waals surface area contributed by atoms with Gasteiger partial charge in [0.15, 0.2) is 11.8 Å². The number of hydrogen-bond donors (Lipinski definition) is 0. The van der Waals surface area contributed by atoms with Crippen LogP contribution in [0.15, 0.2) is 131 Å². The summed E-state index contributed by atoms with van der Waals surface area (Å²) in [6.07, 6.45) is 0. The van der Waals surface area contributed by atoms with E-state index in [1.54, 1.807) is 97.1 Å². The van der Waals surface area contributed by atoms with E-state index in [0.29, 0.717) is 21.8 Å². The van der Waals surface area contributed by atoms with E-state index < -0.39 is 20.0 Å². The van der Waals surface area contributed by atoms with E-state index in [-0.39, 0.29) is 21.6 Å². The number of aromatic nitrogens is 2. The Bertz CT molecular complexity index is 1870. The fourth-order valence-corrected chi connectivity index (χ4v) is 7.33. The Balaban J connectivity index is 1.38. The second kappa shape index (κ2) is 9.68. The third kappa shape index (κ3) is 4.35. The fraction of sp³-hybridized carbons (Fsp3) is 0. The highest BCUT2D eigenvalue weighted by Gasteiger charge is 2.27. The summed E-state index contributed by atoms with van der Waals surface area (Å²) >= 11 is 0. The first kappa shape index (κ1) is 24.8. The molecule has 0 saturated carbocycles. The van der Waals surface area contributed by atoms with Gasteiger partial charge in [-0.2, -0.15) is 0 Å². The second-order valence-electron chi connectivity index (χ2n) is 8.58. The van der Waals surface area contributed by atoms with Crippen molar-refractivity contribution in [3.63, 3.8) is 0 Å². The molecule has 11 heteroatoms. The highest BCUT2D eigenvalue weighted by atomic mass is 32.2. The monoisotopic (exact) mass is 555 g/mol. The third-order valence-electron chi connectivity index (χ3n) is 6.17. The van der Waals surface area contributed by atoms with E-state index in [4.69, 9.17) is 9.31 Å². The highest BCUT2D eigenvalue weighted by Crippen LogP contribution is 2.32. The van der Waals surface area contributed by atoms with E-state index in [1.807, 2.05) is 0 Å². The van der Waals surface area contributed by atoms with Crippen LogP contribution in [0.4, 0.5) is 0 Å². The molecule has 6 rings (SSSR count). The van der Waals surface area contributed by atoms with Gasteiger partial charge in [-0.15, -0.1) is 0 Å². The maximum absolute atomic E-state index is 13.6. The third-order valence-corrected chi connectivity index (χ3v) is 9.62. The van der Waals surface area contributed by atoms with Crippen molar-refractivity contribution in [2.24, 2.45) is 0 Å². The van der Waals surface area contributed by atoms with Gasteiger partial charge in [-0.1, -0.05) is 72.8 Å². The minimum atomic E-state index is -4.02. The number of nitrogens with zero attached hydrogens (tertiary/aromatic N) is 2. The van der Waals surface area contributed by atoms with Crippen LogP contribution in [0.5, 0.6) is 11.8 Å². The predicted molar refractivity (Wildman–Crippen MR) is 149 cm³/mol. The van der Waals surface area contributed by atoms with Crippen LogP contribution in [0.3, 0.4) is 0 Å². The summed E-state index contributed by atoms with van der Waals surface area (Å²) in [5, 5.41) is 1.28. The Hall–Kier alpha value is -4.48. The van der Waals surface area contributed by atoms with Gasteiger partial charge in [0.2, 0.25) is 0 Å². The van der Waals surface area contributed by atoms with Gasteiger partial charge in [0.1, 0.15) is 0 Å². The van der Waals surface area contributed by atoms with Gasteiger partial charge in [0, 0.05) is 22.9 Å². The topological polar surface area (TPSA) is 96.6 Å². The molecule has 2 heterocycles. The molecule has 1 radical (unpaired) electrons. The van der Waals surface area contributed by atoms with Gasteiger partial charge in [-0.3, -0.25) is 0 Å². The van der Waals surface area contributed by atoms with Crippen molar-refractivity contribution in [3.05, 3.63) is 121 Å². The molecule has 0 saturated heterocycles. The Morgan fingerprint density at radius 2 is 0.846 bits per heavy atom. The number of hydrogen-bond acceptors (Lipinski definition) is 6. The Morgan fingerprint density at radius 1 is 0.487 bits per heavy atom. The van der Waals surface area contributed by atoms with Crippen molar-refractivity contribution >= 4 is 49.5 Å². The van der Waals surface area contributed by atoms with Crippen molar-refractivity contribution in [1.82, 2.24) is 7.94 Å². The minimum absolute atomic E-state index is 0.0198. The summed E-state index contributed by atoms with van der Waals surface area (Å²) in [6, 6.07) is 33.1. The maximum Gasteiger partial charge on any atom is 0.660 e. The Kier molecular flexibility index (Phi) is 6.17. The van der Waals surface area contributed by atoms with Crippen LogP contribution >= 0.6 is 0 Å². The summed E-state index contributed by atoms with van der Waals surface area (Å²) in [5.41, 5.74) is 0.844. The predicted octanol–water partition coefficient (Wildman–Crippen LogP) is 5.06. The lowest BCUT2D eigenvalue weighted by atomic mass is 10.2. The van der Waals surface area contributed by atoms with Crippen molar-refractivity contribution in [3.8, 4) is 11.8 Å². The molecule has 0 unspecified atom stereocenters. The van der Waals surface area contributed by atoms with Crippen molar-refractivity contribution < 1.29 is 26.1 Å². The van der Waals surface area contributed by atoms with E-state index in [2.05, 4.69) is 0 Å². The number of benzene rings is 4. The molecule has 193 valence electrons. The second-order valence-corrected chi connectivity index (χ2v) is 12.2. The van der Waals surface area contributed by atoms with Crippen LogP contribution in [0, 0.1) is 0 Å². The molecule has 4 aromatic carbocycles. The molecule has 0 spiro atoms. The summed E-state index contributed by atoms with van der Waals surface area (Å²) < 4.78 is 67.9. The molecular weight excluding hydrogens is 535 g/mol. The van der Waals surface area contributed by atoms with Crippen LogP contribution in [-0.4, -0.2) is 32.5 Å². The lowest BCUT2D eigenvalue weighted by Crippen LogP contribution is -2.20. The zero-order valence-electron chi connectivity index (χ0n) is 20.3. The van der Waals surface area contributed by atoms with E-state index >= 15 is 0 Å². The van der Waals surface area contributed by atoms with Crippen LogP contribution in [0.1, 0.15) is 0 Å². The maximum atomic E-state index is 13.6. The summed E-state index contributed by atoms with van der Waals surface area (Å²) in [4.78, 5) is 0.178. The standard InChI is InChI=1S/C28H20BN2O6S2/c32-38(33,23-13-3-1-4-14-23)30-25-17-9-7-11-21(25)19-27(30)36-29-37-28-20-22-12-8-10-18-26(22)31(28)39(34,35)24-15-5-2-6-16-24/h1-20H. The Morgan fingerprint density at radius 3 is 1.26 bits per heavy atom. The fourth-order valence-electron chi connectivity index (χ4n) is 4.39. The van der Waals surface area contributed by atoms with Crippen LogP contribution in [-0.2, 0) is 20.0 Å². The van der Waals surface area contributed by atoms with E-state index in [1.165, 1.54) is 24.3 Å². The largest absolute Gasteiger partial charge is 0.660 e. The zero-order valence-corrected chi connectivity index (χ0v) is 21.9. The molecule has 0 aliphatic carbocycles. The van der Waals surface area contributed by atoms with Gasteiger partial charge in [-0.05, 0) is 36.4 Å². The summed E-state index contributed by atoms with van der Waals surface area (Å²) in [6.45, 7) is 0. The van der Waals surface area contributed by atoms with Crippen LogP contribution < -0.4 is 9.31 Å². The molecule has 0 amide bonds. The smallest absolute Gasteiger partial charge is 0.513 e. The molecule has 0 atom stereocenters. The normalized spacial score (nSPS) is 12.0. The van der Waals surface area contributed by atoms with Gasteiger partial charge in [0.05, 0.1) is 20.8 Å². The van der Waals surface area contributed by atoms with E-state index in [9.17, 15) is 16.8 Å². The Labute approximate surface area is 226 Å². The lowest BCUT2D eigenvalue weighted by Gasteiger charge is -2.14. The van der Waals surface area contributed by atoms with Crippen molar-refractivity contribution in [1.29, 1.82) is 0 Å². The molecule has 2 aromatic heterocycles. The highest BCUT2D eigenvalue weighted by molar-refractivity contribution is 7.90. The molecule has 0 fully saturated rings. The SMILES string of the molecule is O=S(=O)(c1ccccc1)n1c(O[B]Oc2cc3ccccc3n2S(=O)(=O)c2ccccc2)cc2ccccc21. The van der Waals surface area contributed by atoms with Crippen molar-refractivity contribution in [2.45, 2.75) is 9.79 Å². The van der Waals surface area contributed by atoms with E-state index in [0.717, 1.165) is 15.6 Å². The number of fused-ring (bicyclic) bond motifs is 2. The average molecular weight is 555 g/mol. The van der Waals surface area contributed by atoms with Gasteiger partial charge in [-0.25, -0.2) is 24.8 Å².